The van der Waals surface area contributed by atoms with Crippen molar-refractivity contribution in [3.63, 3.8) is 0 Å². The van der Waals surface area contributed by atoms with Gasteiger partial charge in [0.2, 0.25) is 0 Å². The molecule has 0 saturated carbocycles. The monoisotopic (exact) mass is 373 g/mol. The lowest BCUT2D eigenvalue weighted by Gasteiger charge is -2.21. The normalized spacial score (nSPS) is 16.9. The van der Waals surface area contributed by atoms with E-state index in [0.29, 0.717) is 12.0 Å². The molecule has 0 atom stereocenters. The molecule has 1 aromatic carbocycles. The maximum atomic E-state index is 5.86. The van der Waals surface area contributed by atoms with Gasteiger partial charge in [-0.25, -0.2) is 0 Å². The Morgan fingerprint density at radius 2 is 1.84 bits per heavy atom. The van der Waals surface area contributed by atoms with Gasteiger partial charge in [0.1, 0.15) is 0 Å². The van der Waals surface area contributed by atoms with Crippen LogP contribution >= 0.6 is 24.0 Å². The molecule has 0 spiro atoms. The number of benzene rings is 1. The zero-order valence-electron chi connectivity index (χ0n) is 11.9. The van der Waals surface area contributed by atoms with Gasteiger partial charge in [0, 0.05) is 12.6 Å². The number of fused-ring (bicyclic) bond motifs is 1. The van der Waals surface area contributed by atoms with E-state index in [0.717, 1.165) is 19.4 Å². The molecule has 0 aliphatic heterocycles. The number of hydrogen-bond donors (Lipinski definition) is 2. The number of hydrogen-bond acceptors (Lipinski definition) is 1. The third-order valence-corrected chi connectivity index (χ3v) is 3.42. The molecule has 3 N–H and O–H groups in total. The van der Waals surface area contributed by atoms with E-state index >= 15 is 0 Å². The zero-order valence-corrected chi connectivity index (χ0v) is 14.3. The van der Waals surface area contributed by atoms with Crippen LogP contribution in [-0.4, -0.2) is 18.5 Å². The van der Waals surface area contributed by atoms with Gasteiger partial charge in [-0.15, -0.1) is 24.0 Å². The van der Waals surface area contributed by atoms with Crippen molar-refractivity contribution in [1.29, 1.82) is 0 Å². The minimum Gasteiger partial charge on any atom is -0.370 e. The van der Waals surface area contributed by atoms with E-state index in [1.807, 2.05) is 0 Å². The van der Waals surface area contributed by atoms with Gasteiger partial charge in [0.05, 0.1) is 0 Å². The summed E-state index contributed by atoms with van der Waals surface area (Å²) in [5, 5.41) is 3.13. The second-order valence-corrected chi connectivity index (χ2v) is 5.93. The van der Waals surface area contributed by atoms with Crippen molar-refractivity contribution in [1.82, 2.24) is 5.32 Å². The van der Waals surface area contributed by atoms with Crippen molar-refractivity contribution < 1.29 is 0 Å². The molecule has 106 valence electrons. The Hall–Kier alpha value is -0.780. The minimum absolute atomic E-state index is 0. The van der Waals surface area contributed by atoms with Crippen molar-refractivity contribution in [2.24, 2.45) is 16.1 Å². The number of nitrogens with two attached hydrogens (primary N) is 1. The molecule has 0 amide bonds. The first-order chi connectivity index (χ1) is 8.48. The van der Waals surface area contributed by atoms with Crippen LogP contribution in [0.1, 0.15) is 31.9 Å². The topological polar surface area (TPSA) is 50.4 Å². The number of halogens is 1. The van der Waals surface area contributed by atoms with E-state index in [4.69, 9.17) is 5.73 Å². The summed E-state index contributed by atoms with van der Waals surface area (Å²) in [6.07, 6.45) is 2.20. The molecule has 0 heterocycles. The second kappa shape index (κ2) is 6.59. The summed E-state index contributed by atoms with van der Waals surface area (Å²) in [5.41, 5.74) is 9.00. The van der Waals surface area contributed by atoms with Crippen LogP contribution < -0.4 is 11.1 Å². The van der Waals surface area contributed by atoms with Gasteiger partial charge < -0.3 is 11.1 Å². The maximum absolute atomic E-state index is 5.86. The van der Waals surface area contributed by atoms with Gasteiger partial charge in [-0.1, -0.05) is 31.2 Å². The first kappa shape index (κ1) is 16.3. The summed E-state index contributed by atoms with van der Waals surface area (Å²) in [4.78, 5) is 4.48. The van der Waals surface area contributed by atoms with Crippen LogP contribution in [0.4, 0.5) is 0 Å². The molecule has 0 bridgehead atoms. The van der Waals surface area contributed by atoms with Crippen molar-refractivity contribution in [3.05, 3.63) is 35.4 Å². The standard InChI is InChI=1S/C15H23N3.HI/c1-11(2)18-14(16)17-10-15(3)8-12-6-4-5-7-13(12)9-15;/h4-7,11H,8-10H2,1-3H3,(H3,16,17,18);1H. The van der Waals surface area contributed by atoms with Gasteiger partial charge in [0.15, 0.2) is 5.96 Å². The van der Waals surface area contributed by atoms with E-state index in [-0.39, 0.29) is 29.4 Å². The van der Waals surface area contributed by atoms with E-state index in [1.54, 1.807) is 0 Å². The highest BCUT2D eigenvalue weighted by Crippen LogP contribution is 2.36. The molecular formula is C15H24IN3. The van der Waals surface area contributed by atoms with Crippen molar-refractivity contribution in [2.75, 3.05) is 6.54 Å². The summed E-state index contributed by atoms with van der Waals surface area (Å²) < 4.78 is 0. The van der Waals surface area contributed by atoms with E-state index in [1.165, 1.54) is 11.1 Å². The number of aliphatic imine (C=N–C) groups is 1. The molecule has 0 saturated heterocycles. The molecule has 0 fully saturated rings. The molecule has 1 aliphatic rings. The smallest absolute Gasteiger partial charge is 0.188 e. The quantitative estimate of drug-likeness (QED) is 0.486. The predicted octanol–water partition coefficient (Wildman–Crippen LogP) is 2.72. The molecule has 1 aliphatic carbocycles. The first-order valence-electron chi connectivity index (χ1n) is 6.62. The minimum atomic E-state index is 0. The van der Waals surface area contributed by atoms with Crippen LogP contribution in [0.15, 0.2) is 29.3 Å². The molecule has 0 unspecified atom stereocenters. The molecule has 2 rings (SSSR count). The third kappa shape index (κ3) is 4.37. The Kier molecular flexibility index (Phi) is 5.64. The number of nitrogens with zero attached hydrogens (tertiary/aromatic N) is 1. The van der Waals surface area contributed by atoms with Gasteiger partial charge in [-0.05, 0) is 43.2 Å². The highest BCUT2D eigenvalue weighted by Gasteiger charge is 2.32. The van der Waals surface area contributed by atoms with Gasteiger partial charge in [0.25, 0.3) is 0 Å². The lowest BCUT2D eigenvalue weighted by atomic mass is 9.87. The van der Waals surface area contributed by atoms with Crippen LogP contribution in [0.25, 0.3) is 0 Å². The lowest BCUT2D eigenvalue weighted by Crippen LogP contribution is -2.37. The average molecular weight is 373 g/mol. The number of nitrogens with one attached hydrogen (secondary N) is 1. The SMILES string of the molecule is CC(C)NC(N)=NCC1(C)Cc2ccccc2C1.I. The van der Waals surface area contributed by atoms with E-state index in [2.05, 4.69) is 55.3 Å². The van der Waals surface area contributed by atoms with E-state index in [9.17, 15) is 0 Å². The fraction of sp³-hybridized carbons (Fsp3) is 0.533. The fourth-order valence-electron chi connectivity index (χ4n) is 2.61. The van der Waals surface area contributed by atoms with Crippen LogP contribution in [-0.2, 0) is 12.8 Å². The Morgan fingerprint density at radius 1 is 1.32 bits per heavy atom. The highest BCUT2D eigenvalue weighted by atomic mass is 127. The Morgan fingerprint density at radius 3 is 2.32 bits per heavy atom. The summed E-state index contributed by atoms with van der Waals surface area (Å²) in [6, 6.07) is 9.01. The number of guanidine groups is 1. The summed E-state index contributed by atoms with van der Waals surface area (Å²) in [6.45, 7) is 7.21. The van der Waals surface area contributed by atoms with Gasteiger partial charge in [-0.2, -0.15) is 0 Å². The summed E-state index contributed by atoms with van der Waals surface area (Å²) >= 11 is 0. The molecule has 3 nitrogen and oxygen atoms in total. The van der Waals surface area contributed by atoms with Crippen molar-refractivity contribution >= 4 is 29.9 Å². The van der Waals surface area contributed by atoms with Crippen LogP contribution in [0, 0.1) is 5.41 Å². The Bertz CT molecular complexity index is 429. The molecular weight excluding hydrogens is 349 g/mol. The Labute approximate surface area is 133 Å². The predicted molar refractivity (Wildman–Crippen MR) is 92.1 cm³/mol. The Balaban J connectivity index is 0.00000180. The second-order valence-electron chi connectivity index (χ2n) is 5.93. The van der Waals surface area contributed by atoms with Crippen LogP contribution in [0.5, 0.6) is 0 Å². The van der Waals surface area contributed by atoms with Crippen LogP contribution in [0.2, 0.25) is 0 Å². The summed E-state index contributed by atoms with van der Waals surface area (Å²) in [7, 11) is 0. The molecule has 0 aromatic heterocycles. The largest absolute Gasteiger partial charge is 0.370 e. The molecule has 19 heavy (non-hydrogen) atoms. The molecule has 0 radical (unpaired) electrons. The van der Waals surface area contributed by atoms with Gasteiger partial charge >= 0.3 is 0 Å². The molecule has 1 aromatic rings. The maximum Gasteiger partial charge on any atom is 0.188 e. The van der Waals surface area contributed by atoms with Crippen LogP contribution in [0.3, 0.4) is 0 Å². The van der Waals surface area contributed by atoms with Crippen molar-refractivity contribution in [3.8, 4) is 0 Å². The lowest BCUT2D eigenvalue weighted by molar-refractivity contribution is 0.360. The average Bonchev–Trinajstić information content (AvgIpc) is 2.62. The third-order valence-electron chi connectivity index (χ3n) is 3.42. The molecule has 4 heteroatoms. The summed E-state index contributed by atoms with van der Waals surface area (Å²) in [5.74, 6) is 0.558. The first-order valence-corrected chi connectivity index (χ1v) is 6.62. The number of rotatable bonds is 3. The van der Waals surface area contributed by atoms with E-state index < -0.39 is 0 Å². The van der Waals surface area contributed by atoms with Gasteiger partial charge in [-0.3, -0.25) is 4.99 Å². The van der Waals surface area contributed by atoms with Crippen molar-refractivity contribution in [2.45, 2.75) is 39.7 Å². The highest BCUT2D eigenvalue weighted by molar-refractivity contribution is 14.0. The fourth-order valence-corrected chi connectivity index (χ4v) is 2.61. The zero-order chi connectivity index (χ0) is 13.2.